The lowest BCUT2D eigenvalue weighted by Crippen LogP contribution is -2.55. The van der Waals surface area contributed by atoms with Crippen LogP contribution in [-0.4, -0.2) is 48.0 Å². The highest BCUT2D eigenvalue weighted by Crippen LogP contribution is 2.29. The average molecular weight is 481 g/mol. The maximum atomic E-state index is 13.1. The number of piperazine rings is 1. The maximum Gasteiger partial charge on any atom is 0.259 e. The van der Waals surface area contributed by atoms with E-state index in [9.17, 15) is 4.79 Å². The molecule has 7 nitrogen and oxygen atoms in total. The van der Waals surface area contributed by atoms with Crippen LogP contribution in [0.4, 0.5) is 11.4 Å². The summed E-state index contributed by atoms with van der Waals surface area (Å²) < 4.78 is 11.2. The number of hydrogen-bond donors (Lipinski definition) is 1. The van der Waals surface area contributed by atoms with Crippen molar-refractivity contribution in [3.8, 4) is 11.5 Å². The third-order valence-corrected chi connectivity index (χ3v) is 6.54. The van der Waals surface area contributed by atoms with Gasteiger partial charge in [0, 0.05) is 47.5 Å². The molecule has 1 aliphatic rings. The van der Waals surface area contributed by atoms with Gasteiger partial charge in [-0.05, 0) is 70.3 Å². The van der Waals surface area contributed by atoms with Gasteiger partial charge in [0.05, 0.1) is 11.8 Å². The zero-order chi connectivity index (χ0) is 23.1. The Bertz CT molecular complexity index is 1290. The van der Waals surface area contributed by atoms with E-state index < -0.39 is 0 Å². The largest absolute Gasteiger partial charge is 0.463 e. The second-order valence-corrected chi connectivity index (χ2v) is 8.91. The van der Waals surface area contributed by atoms with Crippen LogP contribution in [-0.2, 0) is 0 Å². The first-order valence-corrected chi connectivity index (χ1v) is 11.2. The summed E-state index contributed by atoms with van der Waals surface area (Å²) in [4.78, 5) is 22.1. The number of carbonyl (C=O) groups is 1. The van der Waals surface area contributed by atoms with Gasteiger partial charge in [-0.2, -0.15) is 0 Å². The molecule has 2 aromatic heterocycles. The van der Waals surface area contributed by atoms with Gasteiger partial charge in [-0.15, -0.1) is 12.4 Å². The van der Waals surface area contributed by atoms with Crippen LogP contribution in [0.5, 0.6) is 0 Å². The van der Waals surface area contributed by atoms with Gasteiger partial charge in [0.2, 0.25) is 5.89 Å². The number of carbonyl (C=O) groups excluding carboxylic acids is 1. The minimum atomic E-state index is -0.203. The second-order valence-electron chi connectivity index (χ2n) is 8.91. The van der Waals surface area contributed by atoms with Gasteiger partial charge in [-0.25, -0.2) is 4.98 Å². The number of benzene rings is 2. The molecule has 2 aromatic carbocycles. The van der Waals surface area contributed by atoms with E-state index in [0.29, 0.717) is 34.8 Å². The van der Waals surface area contributed by atoms with Crippen LogP contribution in [0.2, 0.25) is 0 Å². The van der Waals surface area contributed by atoms with Crippen molar-refractivity contribution in [2.24, 2.45) is 0 Å². The van der Waals surface area contributed by atoms with Crippen molar-refractivity contribution >= 4 is 40.7 Å². The number of anilines is 2. The fourth-order valence-corrected chi connectivity index (χ4v) is 4.39. The molecule has 34 heavy (non-hydrogen) atoms. The highest BCUT2D eigenvalue weighted by atomic mass is 35.5. The molecular formula is C26H29ClN4O3. The molecular weight excluding hydrogens is 452 g/mol. The lowest BCUT2D eigenvalue weighted by Gasteiger charge is -2.43. The summed E-state index contributed by atoms with van der Waals surface area (Å²) in [7, 11) is 2.17. The Morgan fingerprint density at radius 3 is 2.44 bits per heavy atom. The van der Waals surface area contributed by atoms with Gasteiger partial charge in [0.25, 0.3) is 5.91 Å². The number of furan rings is 1. The number of aryl methyl sites for hydroxylation is 1. The highest BCUT2D eigenvalue weighted by Gasteiger charge is 2.27. The van der Waals surface area contributed by atoms with E-state index in [1.807, 2.05) is 37.3 Å². The predicted molar refractivity (Wildman–Crippen MR) is 137 cm³/mol. The molecule has 0 spiro atoms. The zero-order valence-corrected chi connectivity index (χ0v) is 20.6. The molecule has 0 unspecified atom stereocenters. The molecule has 1 fully saturated rings. The topological polar surface area (TPSA) is 74.8 Å². The number of aromatic nitrogens is 1. The van der Waals surface area contributed by atoms with Gasteiger partial charge in [0.15, 0.2) is 0 Å². The predicted octanol–water partition coefficient (Wildman–Crippen LogP) is 5.60. The summed E-state index contributed by atoms with van der Waals surface area (Å²) >= 11 is 0. The van der Waals surface area contributed by atoms with E-state index in [0.717, 1.165) is 35.5 Å². The Kier molecular flexibility index (Phi) is 6.68. The quantitative estimate of drug-likeness (QED) is 0.410. The van der Waals surface area contributed by atoms with E-state index in [4.69, 9.17) is 8.83 Å². The van der Waals surface area contributed by atoms with Gasteiger partial charge in [-0.1, -0.05) is 0 Å². The van der Waals surface area contributed by atoms with Crippen LogP contribution >= 0.6 is 12.4 Å². The maximum absolute atomic E-state index is 13.1. The van der Waals surface area contributed by atoms with Crippen LogP contribution in [0.15, 0.2) is 63.8 Å². The zero-order valence-electron chi connectivity index (χ0n) is 19.7. The summed E-state index contributed by atoms with van der Waals surface area (Å²) in [6.07, 6.45) is 3.22. The molecule has 1 N–H and O–H groups in total. The molecule has 1 saturated heterocycles. The molecule has 0 aliphatic carbocycles. The first kappa shape index (κ1) is 23.9. The van der Waals surface area contributed by atoms with Crippen molar-refractivity contribution in [3.05, 3.63) is 66.2 Å². The van der Waals surface area contributed by atoms with E-state index in [1.54, 1.807) is 6.20 Å². The number of nitrogens with zero attached hydrogens (tertiary/aromatic N) is 3. The minimum Gasteiger partial charge on any atom is -0.463 e. The number of oxazole rings is 1. The van der Waals surface area contributed by atoms with E-state index in [1.165, 1.54) is 6.26 Å². The number of likely N-dealkylation sites (N-methyl/N-ethyl adjacent to an activating group) is 1. The molecule has 2 atom stereocenters. The average Bonchev–Trinajstić information content (AvgIpc) is 3.43. The summed E-state index contributed by atoms with van der Waals surface area (Å²) in [6, 6.07) is 14.4. The molecule has 0 radical (unpaired) electrons. The Balaban J connectivity index is 0.00000274. The molecule has 3 heterocycles. The molecule has 8 heteroatoms. The van der Waals surface area contributed by atoms with E-state index in [2.05, 4.69) is 53.1 Å². The Hall–Kier alpha value is -3.29. The minimum absolute atomic E-state index is 0. The molecule has 1 amide bonds. The van der Waals surface area contributed by atoms with Crippen molar-refractivity contribution in [1.29, 1.82) is 0 Å². The monoisotopic (exact) mass is 480 g/mol. The molecule has 0 bridgehead atoms. The number of nitrogens with one attached hydrogen (secondary N) is 1. The van der Waals surface area contributed by atoms with Crippen molar-refractivity contribution in [1.82, 2.24) is 9.88 Å². The molecule has 5 rings (SSSR count). The standard InChI is InChI=1S/C26H28N4O3.ClH/c1-16-13-30(14-17(2)29(16)4)21-9-10-24-22(11-21)23(15-32-24)25(31)28-20-7-5-19(6-8-20)26-27-12-18(3)33-26;/h5-12,15-17H,13-14H2,1-4H3,(H,28,31);1H/t16-,17+;. The molecule has 178 valence electrons. The fourth-order valence-electron chi connectivity index (χ4n) is 4.39. The Labute approximate surface area is 205 Å². The fraction of sp³-hybridized carbons (Fsp3) is 0.308. The smallest absolute Gasteiger partial charge is 0.259 e. The van der Waals surface area contributed by atoms with Crippen LogP contribution in [0.25, 0.3) is 22.4 Å². The number of hydrogen-bond acceptors (Lipinski definition) is 6. The van der Waals surface area contributed by atoms with E-state index in [-0.39, 0.29) is 18.3 Å². The first-order valence-electron chi connectivity index (χ1n) is 11.2. The SMILES string of the molecule is Cc1cnc(-c2ccc(NC(=O)c3coc4ccc(N5C[C@@H](C)N(C)[C@@H](C)C5)cc34)cc2)o1.Cl. The number of halogens is 1. The Morgan fingerprint density at radius 2 is 1.79 bits per heavy atom. The van der Waals surface area contributed by atoms with Gasteiger partial charge < -0.3 is 19.1 Å². The summed E-state index contributed by atoms with van der Waals surface area (Å²) in [5.74, 6) is 1.12. The van der Waals surface area contributed by atoms with Crippen LogP contribution in [0.3, 0.4) is 0 Å². The number of rotatable bonds is 4. The normalized spacial score (nSPS) is 18.6. The lowest BCUT2D eigenvalue weighted by atomic mass is 10.1. The van der Waals surface area contributed by atoms with Gasteiger partial charge >= 0.3 is 0 Å². The van der Waals surface area contributed by atoms with Crippen molar-refractivity contribution in [2.75, 3.05) is 30.4 Å². The first-order chi connectivity index (χ1) is 15.9. The number of amides is 1. The summed E-state index contributed by atoms with van der Waals surface area (Å²) in [6.45, 7) is 8.24. The summed E-state index contributed by atoms with van der Waals surface area (Å²) in [5.41, 5.74) is 3.88. The van der Waals surface area contributed by atoms with Crippen molar-refractivity contribution in [2.45, 2.75) is 32.9 Å². The molecule has 1 aliphatic heterocycles. The highest BCUT2D eigenvalue weighted by molar-refractivity contribution is 6.12. The number of fused-ring (bicyclic) bond motifs is 1. The van der Waals surface area contributed by atoms with E-state index >= 15 is 0 Å². The van der Waals surface area contributed by atoms with Crippen molar-refractivity contribution in [3.63, 3.8) is 0 Å². The third kappa shape index (κ3) is 4.54. The third-order valence-electron chi connectivity index (χ3n) is 6.54. The van der Waals surface area contributed by atoms with Crippen LogP contribution < -0.4 is 10.2 Å². The van der Waals surface area contributed by atoms with Crippen molar-refractivity contribution < 1.29 is 13.6 Å². The lowest BCUT2D eigenvalue weighted by molar-refractivity contribution is 0.102. The van der Waals surface area contributed by atoms with Crippen LogP contribution in [0.1, 0.15) is 30.0 Å². The second kappa shape index (κ2) is 9.52. The summed E-state index contributed by atoms with van der Waals surface area (Å²) in [5, 5.41) is 3.78. The molecule has 0 saturated carbocycles. The Morgan fingerprint density at radius 1 is 1.09 bits per heavy atom. The van der Waals surface area contributed by atoms with Gasteiger partial charge in [0.1, 0.15) is 17.6 Å². The van der Waals surface area contributed by atoms with Gasteiger partial charge in [-0.3, -0.25) is 9.69 Å². The van der Waals surface area contributed by atoms with Crippen LogP contribution in [0, 0.1) is 6.92 Å². The molecule has 4 aromatic rings.